The van der Waals surface area contributed by atoms with Gasteiger partial charge in [-0.15, -0.1) is 0 Å². The molecule has 116 valence electrons. The Morgan fingerprint density at radius 2 is 1.67 bits per heavy atom. The Morgan fingerprint density at radius 3 is 2.10 bits per heavy atom. The van der Waals surface area contributed by atoms with Gasteiger partial charge in [0.2, 0.25) is 0 Å². The fraction of sp³-hybridized carbons (Fsp3) is 0.533. The van der Waals surface area contributed by atoms with E-state index in [2.05, 4.69) is 24.1 Å². The maximum absolute atomic E-state index is 13.7. The molecular formula is C15H21F2N3O. The number of amides is 1. The second kappa shape index (κ2) is 6.39. The van der Waals surface area contributed by atoms with Gasteiger partial charge in [0.05, 0.1) is 0 Å². The van der Waals surface area contributed by atoms with Gasteiger partial charge in [-0.25, -0.2) is 8.78 Å². The lowest BCUT2D eigenvalue weighted by Gasteiger charge is -2.37. The smallest absolute Gasteiger partial charge is 0.254 e. The summed E-state index contributed by atoms with van der Waals surface area (Å²) in [4.78, 5) is 16.3. The number of halogens is 2. The fourth-order valence-electron chi connectivity index (χ4n) is 2.56. The van der Waals surface area contributed by atoms with Gasteiger partial charge < -0.3 is 10.2 Å². The summed E-state index contributed by atoms with van der Waals surface area (Å²) in [5.41, 5.74) is -0.154. The number of hydrogen-bond donors (Lipinski definition) is 1. The Balaban J connectivity index is 2.11. The van der Waals surface area contributed by atoms with Crippen molar-refractivity contribution in [3.8, 4) is 0 Å². The minimum Gasteiger partial charge on any atom is -0.383 e. The zero-order chi connectivity index (χ0) is 15.6. The first-order valence-electron chi connectivity index (χ1n) is 7.14. The highest BCUT2D eigenvalue weighted by atomic mass is 19.1. The van der Waals surface area contributed by atoms with E-state index < -0.39 is 11.6 Å². The van der Waals surface area contributed by atoms with Crippen molar-refractivity contribution < 1.29 is 13.6 Å². The molecular weight excluding hydrogens is 276 g/mol. The average Bonchev–Trinajstić information content (AvgIpc) is 2.46. The number of carbonyl (C=O) groups excluding carboxylic acids is 1. The van der Waals surface area contributed by atoms with E-state index in [0.717, 1.165) is 25.2 Å². The van der Waals surface area contributed by atoms with Gasteiger partial charge in [0, 0.05) is 44.8 Å². The van der Waals surface area contributed by atoms with Gasteiger partial charge in [-0.3, -0.25) is 9.69 Å². The molecule has 1 N–H and O–H groups in total. The van der Waals surface area contributed by atoms with Crippen molar-refractivity contribution in [2.24, 2.45) is 0 Å². The zero-order valence-electron chi connectivity index (χ0n) is 12.6. The van der Waals surface area contributed by atoms with Crippen LogP contribution in [0.2, 0.25) is 0 Å². The molecule has 1 aliphatic rings. The van der Waals surface area contributed by atoms with Crippen molar-refractivity contribution >= 4 is 11.6 Å². The van der Waals surface area contributed by atoms with Crippen LogP contribution in [0.3, 0.4) is 0 Å². The number of anilines is 1. The first-order chi connectivity index (χ1) is 9.93. The predicted octanol–water partition coefficient (Wildman–Crippen LogP) is 2.17. The molecule has 1 aromatic carbocycles. The van der Waals surface area contributed by atoms with Crippen molar-refractivity contribution in [2.45, 2.75) is 19.9 Å². The average molecular weight is 297 g/mol. The molecule has 0 unspecified atom stereocenters. The van der Waals surface area contributed by atoms with Crippen LogP contribution in [-0.2, 0) is 0 Å². The summed E-state index contributed by atoms with van der Waals surface area (Å²) >= 11 is 0. The molecule has 1 fully saturated rings. The van der Waals surface area contributed by atoms with Crippen molar-refractivity contribution in [1.29, 1.82) is 0 Å². The van der Waals surface area contributed by atoms with Crippen molar-refractivity contribution in [2.75, 3.05) is 38.5 Å². The first-order valence-corrected chi connectivity index (χ1v) is 7.14. The van der Waals surface area contributed by atoms with Crippen LogP contribution in [0.4, 0.5) is 14.5 Å². The molecule has 0 aliphatic carbocycles. The lowest BCUT2D eigenvalue weighted by molar-refractivity contribution is 0.0594. The SMILES string of the molecule is CNc1c(F)cc(C(=O)N2CCN(C(C)C)CC2)cc1F. The quantitative estimate of drug-likeness (QED) is 0.929. The van der Waals surface area contributed by atoms with E-state index in [9.17, 15) is 13.6 Å². The van der Waals surface area contributed by atoms with E-state index in [1.165, 1.54) is 7.05 Å². The maximum Gasteiger partial charge on any atom is 0.254 e. The lowest BCUT2D eigenvalue weighted by Crippen LogP contribution is -2.50. The Morgan fingerprint density at radius 1 is 1.14 bits per heavy atom. The zero-order valence-corrected chi connectivity index (χ0v) is 12.6. The Kier molecular flexibility index (Phi) is 4.77. The summed E-state index contributed by atoms with van der Waals surface area (Å²) in [5, 5.41) is 2.45. The third kappa shape index (κ3) is 3.32. The number of piperazine rings is 1. The number of hydrogen-bond acceptors (Lipinski definition) is 3. The Labute approximate surface area is 123 Å². The summed E-state index contributed by atoms with van der Waals surface area (Å²) in [6.07, 6.45) is 0. The molecule has 1 aliphatic heterocycles. The first kappa shape index (κ1) is 15.7. The van der Waals surface area contributed by atoms with Crippen molar-refractivity contribution in [1.82, 2.24) is 9.80 Å². The van der Waals surface area contributed by atoms with Crippen LogP contribution < -0.4 is 5.32 Å². The third-order valence-electron chi connectivity index (χ3n) is 3.87. The molecule has 2 rings (SSSR count). The van der Waals surface area contributed by atoms with Crippen molar-refractivity contribution in [3.05, 3.63) is 29.3 Å². The highest BCUT2D eigenvalue weighted by Crippen LogP contribution is 2.21. The predicted molar refractivity (Wildman–Crippen MR) is 78.5 cm³/mol. The number of carbonyl (C=O) groups is 1. The molecule has 0 spiro atoms. The van der Waals surface area contributed by atoms with E-state index in [0.29, 0.717) is 19.1 Å². The number of benzene rings is 1. The topological polar surface area (TPSA) is 35.6 Å². The minimum absolute atomic E-state index is 0.0574. The summed E-state index contributed by atoms with van der Waals surface area (Å²) in [6, 6.07) is 2.62. The molecule has 4 nitrogen and oxygen atoms in total. The van der Waals surface area contributed by atoms with Gasteiger partial charge in [-0.1, -0.05) is 0 Å². The summed E-state index contributed by atoms with van der Waals surface area (Å²) in [6.45, 7) is 6.94. The van der Waals surface area contributed by atoms with E-state index in [4.69, 9.17) is 0 Å². The van der Waals surface area contributed by atoms with Gasteiger partial charge in [0.15, 0.2) is 0 Å². The molecule has 1 saturated heterocycles. The number of nitrogens with one attached hydrogen (secondary N) is 1. The molecule has 6 heteroatoms. The van der Waals surface area contributed by atoms with Crippen LogP contribution in [0.25, 0.3) is 0 Å². The van der Waals surface area contributed by atoms with Gasteiger partial charge in [-0.05, 0) is 26.0 Å². The van der Waals surface area contributed by atoms with Crippen LogP contribution >= 0.6 is 0 Å². The van der Waals surface area contributed by atoms with Crippen LogP contribution in [0.15, 0.2) is 12.1 Å². The van der Waals surface area contributed by atoms with Gasteiger partial charge in [0.25, 0.3) is 5.91 Å². The monoisotopic (exact) mass is 297 g/mol. The van der Waals surface area contributed by atoms with E-state index in [-0.39, 0.29) is 17.2 Å². The molecule has 0 radical (unpaired) electrons. The van der Waals surface area contributed by atoms with Crippen LogP contribution in [0.5, 0.6) is 0 Å². The highest BCUT2D eigenvalue weighted by Gasteiger charge is 2.24. The van der Waals surface area contributed by atoms with Gasteiger partial charge >= 0.3 is 0 Å². The third-order valence-corrected chi connectivity index (χ3v) is 3.87. The van der Waals surface area contributed by atoms with E-state index in [1.54, 1.807) is 4.90 Å². The lowest BCUT2D eigenvalue weighted by atomic mass is 10.1. The summed E-state index contributed by atoms with van der Waals surface area (Å²) < 4.78 is 27.5. The molecule has 1 amide bonds. The normalized spacial score (nSPS) is 16.4. The molecule has 1 heterocycles. The number of rotatable bonds is 3. The highest BCUT2D eigenvalue weighted by molar-refractivity contribution is 5.94. The van der Waals surface area contributed by atoms with Crippen LogP contribution in [0, 0.1) is 11.6 Å². The molecule has 0 saturated carbocycles. The van der Waals surface area contributed by atoms with E-state index >= 15 is 0 Å². The van der Waals surface area contributed by atoms with Crippen molar-refractivity contribution in [3.63, 3.8) is 0 Å². The standard InChI is InChI=1S/C15H21F2N3O/c1-10(2)19-4-6-20(7-5-19)15(21)11-8-12(16)14(18-3)13(17)9-11/h8-10,18H,4-7H2,1-3H3. The second-order valence-electron chi connectivity index (χ2n) is 5.49. The van der Waals surface area contributed by atoms with Gasteiger partial charge in [0.1, 0.15) is 17.3 Å². The largest absolute Gasteiger partial charge is 0.383 e. The number of nitrogens with zero attached hydrogens (tertiary/aromatic N) is 2. The molecule has 0 aromatic heterocycles. The molecule has 1 aromatic rings. The summed E-state index contributed by atoms with van der Waals surface area (Å²) in [5.74, 6) is -1.82. The summed E-state index contributed by atoms with van der Waals surface area (Å²) in [7, 11) is 1.44. The Bertz CT molecular complexity index is 503. The second-order valence-corrected chi connectivity index (χ2v) is 5.49. The molecule has 21 heavy (non-hydrogen) atoms. The molecule has 0 atom stereocenters. The minimum atomic E-state index is -0.748. The maximum atomic E-state index is 13.7. The Hall–Kier alpha value is -1.69. The van der Waals surface area contributed by atoms with Gasteiger partial charge in [-0.2, -0.15) is 0 Å². The van der Waals surface area contributed by atoms with Crippen LogP contribution in [0.1, 0.15) is 24.2 Å². The molecule has 0 bridgehead atoms. The van der Waals surface area contributed by atoms with Crippen LogP contribution in [-0.4, -0.2) is 55.0 Å². The fourth-order valence-corrected chi connectivity index (χ4v) is 2.56. The van der Waals surface area contributed by atoms with E-state index in [1.807, 2.05) is 0 Å².